The number of β-amino-alcohol motifs (C(OH)–C–C–N with tert-alkyl or cyclic N) is 1. The second kappa shape index (κ2) is 5.02. The van der Waals surface area contributed by atoms with Gasteiger partial charge in [0.05, 0.1) is 25.8 Å². The third kappa shape index (κ3) is 2.55. The molecule has 1 N–H and O–H groups in total. The van der Waals surface area contributed by atoms with Crippen LogP contribution in [0.2, 0.25) is 5.02 Å². The van der Waals surface area contributed by atoms with Crippen LogP contribution >= 0.6 is 11.6 Å². The van der Waals surface area contributed by atoms with Crippen LogP contribution in [0.1, 0.15) is 24.2 Å². The number of ether oxygens (including phenoxy) is 1. The molecule has 0 aliphatic carbocycles. The zero-order valence-electron chi connectivity index (χ0n) is 11.3. The molecular weight excluding hydrogens is 266 g/mol. The second-order valence-electron chi connectivity index (χ2n) is 5.26. The van der Waals surface area contributed by atoms with Crippen LogP contribution in [0.15, 0.2) is 18.2 Å². The van der Waals surface area contributed by atoms with E-state index < -0.39 is 5.60 Å². The van der Waals surface area contributed by atoms with Gasteiger partial charge in [0, 0.05) is 5.02 Å². The molecule has 1 aromatic rings. The topological polar surface area (TPSA) is 49.8 Å². The third-order valence-electron chi connectivity index (χ3n) is 3.69. The van der Waals surface area contributed by atoms with Crippen LogP contribution in [-0.4, -0.2) is 41.7 Å². The van der Waals surface area contributed by atoms with Gasteiger partial charge in [-0.15, -0.1) is 0 Å². The first kappa shape index (κ1) is 14.2. The standard InChI is InChI=1S/C14H18ClNO3/c1-9(2)14(18)7-16(8-14)13(17)11-5-4-10(15)6-12(11)19-3/h4-6,9,18H,7-8H2,1-3H3. The fraction of sp³-hybridized carbons (Fsp3) is 0.500. The van der Waals surface area contributed by atoms with Crippen molar-refractivity contribution in [3.8, 4) is 5.75 Å². The smallest absolute Gasteiger partial charge is 0.257 e. The molecule has 19 heavy (non-hydrogen) atoms. The van der Waals surface area contributed by atoms with Gasteiger partial charge in [-0.2, -0.15) is 0 Å². The number of carbonyl (C=O) groups is 1. The lowest BCUT2D eigenvalue weighted by molar-refractivity contribution is -0.110. The summed E-state index contributed by atoms with van der Waals surface area (Å²) >= 11 is 5.87. The number of methoxy groups -OCH3 is 1. The van der Waals surface area contributed by atoms with Gasteiger partial charge >= 0.3 is 0 Å². The summed E-state index contributed by atoms with van der Waals surface area (Å²) < 4.78 is 5.17. The van der Waals surface area contributed by atoms with Gasteiger partial charge in [0.2, 0.25) is 0 Å². The van der Waals surface area contributed by atoms with Crippen LogP contribution < -0.4 is 4.74 Å². The van der Waals surface area contributed by atoms with Crippen LogP contribution in [0.5, 0.6) is 5.75 Å². The first-order valence-corrected chi connectivity index (χ1v) is 6.60. The number of benzene rings is 1. The van der Waals surface area contributed by atoms with Crippen molar-refractivity contribution in [2.45, 2.75) is 19.4 Å². The Bertz CT molecular complexity index is 495. The van der Waals surface area contributed by atoms with Crippen molar-refractivity contribution in [2.75, 3.05) is 20.2 Å². The van der Waals surface area contributed by atoms with Crippen molar-refractivity contribution in [3.05, 3.63) is 28.8 Å². The summed E-state index contributed by atoms with van der Waals surface area (Å²) in [5, 5.41) is 10.7. The Balaban J connectivity index is 2.15. The van der Waals surface area contributed by atoms with Crippen LogP contribution in [0.25, 0.3) is 0 Å². The summed E-state index contributed by atoms with van der Waals surface area (Å²) in [5.74, 6) is 0.444. The summed E-state index contributed by atoms with van der Waals surface area (Å²) in [5.41, 5.74) is -0.298. The Morgan fingerprint density at radius 3 is 2.63 bits per heavy atom. The first-order valence-electron chi connectivity index (χ1n) is 6.22. The number of hydrogen-bond acceptors (Lipinski definition) is 3. The molecule has 0 atom stereocenters. The van der Waals surface area contributed by atoms with Crippen molar-refractivity contribution in [3.63, 3.8) is 0 Å². The maximum Gasteiger partial charge on any atom is 0.257 e. The van der Waals surface area contributed by atoms with Crippen molar-refractivity contribution >= 4 is 17.5 Å². The number of carbonyl (C=O) groups excluding carboxylic acids is 1. The number of likely N-dealkylation sites (tertiary alicyclic amines) is 1. The third-order valence-corrected chi connectivity index (χ3v) is 3.92. The lowest BCUT2D eigenvalue weighted by Crippen LogP contribution is -2.65. The highest BCUT2D eigenvalue weighted by Gasteiger charge is 2.46. The number of rotatable bonds is 3. The molecule has 5 heteroatoms. The normalized spacial score (nSPS) is 17.3. The lowest BCUT2D eigenvalue weighted by Gasteiger charge is -2.49. The molecule has 0 bridgehead atoms. The number of hydrogen-bond donors (Lipinski definition) is 1. The van der Waals surface area contributed by atoms with Crippen LogP contribution in [0.4, 0.5) is 0 Å². The molecule has 0 radical (unpaired) electrons. The molecule has 1 amide bonds. The predicted molar refractivity (Wildman–Crippen MR) is 73.7 cm³/mol. The monoisotopic (exact) mass is 283 g/mol. The number of amides is 1. The maximum atomic E-state index is 12.3. The van der Waals surface area contributed by atoms with E-state index in [-0.39, 0.29) is 11.8 Å². The van der Waals surface area contributed by atoms with Crippen molar-refractivity contribution in [2.24, 2.45) is 5.92 Å². The van der Waals surface area contributed by atoms with Gasteiger partial charge in [0.1, 0.15) is 11.4 Å². The zero-order valence-corrected chi connectivity index (χ0v) is 12.1. The fourth-order valence-electron chi connectivity index (χ4n) is 2.14. The molecule has 0 spiro atoms. The Morgan fingerprint density at radius 2 is 2.11 bits per heavy atom. The minimum absolute atomic E-state index is 0.128. The maximum absolute atomic E-state index is 12.3. The van der Waals surface area contributed by atoms with E-state index in [0.717, 1.165) is 0 Å². The average molecular weight is 284 g/mol. The van der Waals surface area contributed by atoms with E-state index in [1.54, 1.807) is 23.1 Å². The van der Waals surface area contributed by atoms with Gasteiger partial charge in [-0.05, 0) is 24.1 Å². The van der Waals surface area contributed by atoms with E-state index in [4.69, 9.17) is 16.3 Å². The highest BCUT2D eigenvalue weighted by molar-refractivity contribution is 6.30. The Kier molecular flexibility index (Phi) is 3.74. The van der Waals surface area contributed by atoms with Gasteiger partial charge in [-0.3, -0.25) is 4.79 Å². The Morgan fingerprint density at radius 1 is 1.47 bits per heavy atom. The zero-order chi connectivity index (χ0) is 14.2. The molecule has 0 aromatic heterocycles. The minimum Gasteiger partial charge on any atom is -0.496 e. The fourth-order valence-corrected chi connectivity index (χ4v) is 2.30. The van der Waals surface area contributed by atoms with Gasteiger partial charge in [0.15, 0.2) is 0 Å². The molecule has 1 aliphatic heterocycles. The Labute approximate surface area is 117 Å². The van der Waals surface area contributed by atoms with Gasteiger partial charge in [-0.1, -0.05) is 25.4 Å². The molecule has 1 aliphatic rings. The van der Waals surface area contributed by atoms with Crippen LogP contribution in [0, 0.1) is 5.92 Å². The molecule has 1 saturated heterocycles. The van der Waals surface area contributed by atoms with E-state index in [1.807, 2.05) is 13.8 Å². The van der Waals surface area contributed by atoms with Gasteiger partial charge in [-0.25, -0.2) is 0 Å². The summed E-state index contributed by atoms with van der Waals surface area (Å²) in [7, 11) is 1.50. The average Bonchev–Trinajstić information content (AvgIpc) is 2.33. The largest absolute Gasteiger partial charge is 0.496 e. The van der Waals surface area contributed by atoms with Crippen molar-refractivity contribution < 1.29 is 14.6 Å². The van der Waals surface area contributed by atoms with E-state index >= 15 is 0 Å². The molecule has 1 aromatic carbocycles. The molecule has 4 nitrogen and oxygen atoms in total. The van der Waals surface area contributed by atoms with Gasteiger partial charge < -0.3 is 14.7 Å². The lowest BCUT2D eigenvalue weighted by atomic mass is 9.82. The van der Waals surface area contributed by atoms with Gasteiger partial charge in [0.25, 0.3) is 5.91 Å². The first-order chi connectivity index (χ1) is 8.87. The van der Waals surface area contributed by atoms with Crippen LogP contribution in [-0.2, 0) is 0 Å². The molecule has 1 heterocycles. The van der Waals surface area contributed by atoms with E-state index in [2.05, 4.69) is 0 Å². The SMILES string of the molecule is COc1cc(Cl)ccc1C(=O)N1CC(O)(C(C)C)C1. The number of aliphatic hydroxyl groups is 1. The number of halogens is 1. The highest BCUT2D eigenvalue weighted by atomic mass is 35.5. The molecular formula is C14H18ClNO3. The Hall–Kier alpha value is -1.26. The quantitative estimate of drug-likeness (QED) is 0.925. The summed E-state index contributed by atoms with van der Waals surface area (Å²) in [6.07, 6.45) is 0. The highest BCUT2D eigenvalue weighted by Crippen LogP contribution is 2.32. The minimum atomic E-state index is -0.769. The van der Waals surface area contributed by atoms with E-state index in [0.29, 0.717) is 29.4 Å². The molecule has 2 rings (SSSR count). The molecule has 1 fully saturated rings. The molecule has 104 valence electrons. The summed E-state index contributed by atoms with van der Waals surface area (Å²) in [4.78, 5) is 13.9. The van der Waals surface area contributed by atoms with Crippen molar-refractivity contribution in [1.82, 2.24) is 4.90 Å². The molecule has 0 unspecified atom stereocenters. The molecule has 0 saturated carbocycles. The van der Waals surface area contributed by atoms with Crippen molar-refractivity contribution in [1.29, 1.82) is 0 Å². The van der Waals surface area contributed by atoms with E-state index in [1.165, 1.54) is 7.11 Å². The summed E-state index contributed by atoms with van der Waals surface area (Å²) in [6, 6.07) is 4.92. The number of nitrogens with zero attached hydrogens (tertiary/aromatic N) is 1. The predicted octanol–water partition coefficient (Wildman–Crippen LogP) is 2.19. The second-order valence-corrected chi connectivity index (χ2v) is 5.70. The van der Waals surface area contributed by atoms with E-state index in [9.17, 15) is 9.90 Å². The summed E-state index contributed by atoms with van der Waals surface area (Å²) in [6.45, 7) is 4.61. The van der Waals surface area contributed by atoms with Crippen LogP contribution in [0.3, 0.4) is 0 Å².